The lowest BCUT2D eigenvalue weighted by molar-refractivity contribution is -0.382. The number of aromatic nitrogens is 1. The van der Waals surface area contributed by atoms with Crippen LogP contribution < -0.4 is 10.2 Å². The summed E-state index contributed by atoms with van der Waals surface area (Å²) in [5.41, 5.74) is 1.30. The number of anilines is 1. The molecule has 3 rings (SSSR count). The van der Waals surface area contributed by atoms with Crippen LogP contribution in [0.15, 0.2) is 30.5 Å². The highest BCUT2D eigenvalue weighted by atomic mass is 16.6. The molecule has 1 aliphatic rings. The van der Waals surface area contributed by atoms with Gasteiger partial charge in [-0.1, -0.05) is 6.92 Å². The van der Waals surface area contributed by atoms with E-state index in [4.69, 9.17) is 0 Å². The van der Waals surface area contributed by atoms with Gasteiger partial charge in [0.1, 0.15) is 5.69 Å². The Labute approximate surface area is 146 Å². The summed E-state index contributed by atoms with van der Waals surface area (Å²) >= 11 is 0. The number of pyridine rings is 1. The number of amides is 1. The molecule has 1 aromatic heterocycles. The first-order chi connectivity index (χ1) is 12.1. The largest absolute Gasteiger partial charge is 0.364 e. The van der Waals surface area contributed by atoms with Gasteiger partial charge in [0.25, 0.3) is 0 Å². The number of carbonyl (C=O) groups is 1. The van der Waals surface area contributed by atoms with Gasteiger partial charge >= 0.3 is 5.69 Å². The third kappa shape index (κ3) is 3.70. The van der Waals surface area contributed by atoms with Gasteiger partial charge in [0.15, 0.2) is 0 Å². The maximum absolute atomic E-state index is 11.9. The molecule has 0 aliphatic carbocycles. The van der Waals surface area contributed by atoms with E-state index in [0.29, 0.717) is 29.6 Å². The van der Waals surface area contributed by atoms with Gasteiger partial charge in [-0.15, -0.1) is 0 Å². The van der Waals surface area contributed by atoms with Gasteiger partial charge < -0.3 is 10.2 Å². The number of hydrogen-bond acceptors (Lipinski definition) is 5. The summed E-state index contributed by atoms with van der Waals surface area (Å²) in [5.74, 6) is 0.0477. The van der Waals surface area contributed by atoms with Crippen molar-refractivity contribution in [3.05, 3.63) is 40.6 Å². The normalized spacial score (nSPS) is 17.5. The van der Waals surface area contributed by atoms with Gasteiger partial charge in [-0.3, -0.25) is 19.9 Å². The van der Waals surface area contributed by atoms with Crippen LogP contribution in [0.4, 0.5) is 11.4 Å². The molecule has 0 unspecified atom stereocenters. The molecule has 2 aromatic rings. The molecule has 1 amide bonds. The summed E-state index contributed by atoms with van der Waals surface area (Å²) in [6, 6.07) is 7.05. The van der Waals surface area contributed by atoms with Crippen LogP contribution >= 0.6 is 0 Å². The monoisotopic (exact) mass is 342 g/mol. The number of fused-ring (bicyclic) bond motifs is 1. The molecular weight excluding hydrogens is 320 g/mol. The Balaban J connectivity index is 1.89. The van der Waals surface area contributed by atoms with E-state index in [1.165, 1.54) is 0 Å². The molecule has 132 valence electrons. The SMILES string of the molecule is CCCC(=O)N[C@@H]1CCCN(c2ccc3ncccc3c2[N+](=O)[O-])C1. The lowest BCUT2D eigenvalue weighted by Gasteiger charge is -2.34. The smallest absolute Gasteiger partial charge is 0.301 e. The number of piperidine rings is 1. The summed E-state index contributed by atoms with van der Waals surface area (Å²) in [5, 5.41) is 15.3. The zero-order valence-electron chi connectivity index (χ0n) is 14.3. The Morgan fingerprint density at radius 1 is 1.44 bits per heavy atom. The van der Waals surface area contributed by atoms with E-state index in [-0.39, 0.29) is 22.6 Å². The summed E-state index contributed by atoms with van der Waals surface area (Å²) in [4.78, 5) is 29.4. The second-order valence-corrected chi connectivity index (χ2v) is 6.36. The van der Waals surface area contributed by atoms with Crippen LogP contribution in [-0.2, 0) is 4.79 Å². The van der Waals surface area contributed by atoms with Crippen LogP contribution in [0.2, 0.25) is 0 Å². The van der Waals surface area contributed by atoms with Crippen LogP contribution in [0.3, 0.4) is 0 Å². The van der Waals surface area contributed by atoms with Crippen LogP contribution in [0.1, 0.15) is 32.6 Å². The summed E-state index contributed by atoms with van der Waals surface area (Å²) in [7, 11) is 0. The zero-order chi connectivity index (χ0) is 17.8. The maximum Gasteiger partial charge on any atom is 0.301 e. The maximum atomic E-state index is 11.9. The molecule has 0 radical (unpaired) electrons. The first kappa shape index (κ1) is 17.1. The molecule has 7 nitrogen and oxygen atoms in total. The van der Waals surface area contributed by atoms with Crippen molar-refractivity contribution in [1.82, 2.24) is 10.3 Å². The van der Waals surface area contributed by atoms with E-state index in [1.54, 1.807) is 24.4 Å². The van der Waals surface area contributed by atoms with E-state index in [2.05, 4.69) is 10.3 Å². The Morgan fingerprint density at radius 2 is 2.28 bits per heavy atom. The third-order valence-electron chi connectivity index (χ3n) is 4.52. The van der Waals surface area contributed by atoms with Crippen molar-refractivity contribution in [1.29, 1.82) is 0 Å². The van der Waals surface area contributed by atoms with Crippen molar-refractivity contribution in [2.24, 2.45) is 0 Å². The molecule has 0 spiro atoms. The van der Waals surface area contributed by atoms with Crippen molar-refractivity contribution in [3.63, 3.8) is 0 Å². The summed E-state index contributed by atoms with van der Waals surface area (Å²) < 4.78 is 0. The van der Waals surface area contributed by atoms with Gasteiger partial charge in [0, 0.05) is 31.7 Å². The van der Waals surface area contributed by atoms with Gasteiger partial charge in [-0.2, -0.15) is 0 Å². The average molecular weight is 342 g/mol. The highest BCUT2D eigenvalue weighted by molar-refractivity contribution is 5.94. The minimum atomic E-state index is -0.335. The molecular formula is C18H22N4O3. The number of nitro benzene ring substituents is 1. The molecule has 0 saturated carbocycles. The van der Waals surface area contributed by atoms with Gasteiger partial charge in [0.05, 0.1) is 15.8 Å². The van der Waals surface area contributed by atoms with E-state index in [0.717, 1.165) is 25.8 Å². The Hall–Kier alpha value is -2.70. The van der Waals surface area contributed by atoms with Crippen LogP contribution in [0, 0.1) is 10.1 Å². The lowest BCUT2D eigenvalue weighted by atomic mass is 10.0. The predicted molar refractivity (Wildman–Crippen MR) is 96.7 cm³/mol. The second-order valence-electron chi connectivity index (χ2n) is 6.36. The lowest BCUT2D eigenvalue weighted by Crippen LogP contribution is -2.47. The Morgan fingerprint density at radius 3 is 3.04 bits per heavy atom. The number of rotatable bonds is 5. The van der Waals surface area contributed by atoms with Crippen molar-refractivity contribution in [3.8, 4) is 0 Å². The standard InChI is InChI=1S/C18H22N4O3/c1-2-5-17(23)20-13-6-4-11-21(12-13)16-9-8-15-14(7-3-10-19-15)18(16)22(24)25/h3,7-10,13H,2,4-6,11-12H2,1H3,(H,20,23)/t13-/m1/s1. The Kier molecular flexibility index (Phi) is 5.11. The number of nitrogens with one attached hydrogen (secondary N) is 1. The number of benzene rings is 1. The topological polar surface area (TPSA) is 88.4 Å². The van der Waals surface area contributed by atoms with Crippen molar-refractivity contribution in [2.75, 3.05) is 18.0 Å². The first-order valence-corrected chi connectivity index (χ1v) is 8.66. The summed E-state index contributed by atoms with van der Waals surface area (Å²) in [6.07, 6.45) is 4.74. The Bertz CT molecular complexity index is 793. The number of carbonyl (C=O) groups excluding carboxylic acids is 1. The molecule has 7 heteroatoms. The van der Waals surface area contributed by atoms with Gasteiger partial charge in [-0.25, -0.2) is 0 Å². The van der Waals surface area contributed by atoms with Crippen molar-refractivity contribution < 1.29 is 9.72 Å². The van der Waals surface area contributed by atoms with E-state index < -0.39 is 0 Å². The highest BCUT2D eigenvalue weighted by Crippen LogP contribution is 2.36. The summed E-state index contributed by atoms with van der Waals surface area (Å²) in [6.45, 7) is 3.30. The van der Waals surface area contributed by atoms with Crippen molar-refractivity contribution >= 4 is 28.2 Å². The van der Waals surface area contributed by atoms with E-state index in [1.807, 2.05) is 17.9 Å². The second kappa shape index (κ2) is 7.46. The fourth-order valence-corrected chi connectivity index (χ4v) is 3.41. The molecule has 1 N–H and O–H groups in total. The first-order valence-electron chi connectivity index (χ1n) is 8.66. The zero-order valence-corrected chi connectivity index (χ0v) is 14.3. The molecule has 1 saturated heterocycles. The van der Waals surface area contributed by atoms with Crippen LogP contribution in [0.25, 0.3) is 10.9 Å². The van der Waals surface area contributed by atoms with Gasteiger partial charge in [0.2, 0.25) is 5.91 Å². The van der Waals surface area contributed by atoms with Crippen LogP contribution in [-0.4, -0.2) is 34.9 Å². The highest BCUT2D eigenvalue weighted by Gasteiger charge is 2.28. The molecule has 25 heavy (non-hydrogen) atoms. The van der Waals surface area contributed by atoms with Crippen molar-refractivity contribution in [2.45, 2.75) is 38.6 Å². The number of nitro groups is 1. The van der Waals surface area contributed by atoms with Gasteiger partial charge in [-0.05, 0) is 43.5 Å². The van der Waals surface area contributed by atoms with Crippen LogP contribution in [0.5, 0.6) is 0 Å². The number of hydrogen-bond donors (Lipinski definition) is 1. The minimum Gasteiger partial charge on any atom is -0.364 e. The number of nitrogens with zero attached hydrogens (tertiary/aromatic N) is 3. The fraction of sp³-hybridized carbons (Fsp3) is 0.444. The minimum absolute atomic E-state index is 0.0250. The fourth-order valence-electron chi connectivity index (χ4n) is 3.41. The molecule has 0 bridgehead atoms. The molecule has 2 heterocycles. The quantitative estimate of drug-likeness (QED) is 0.666. The molecule has 1 aliphatic heterocycles. The third-order valence-corrected chi connectivity index (χ3v) is 4.52. The molecule has 1 atom stereocenters. The van der Waals surface area contributed by atoms with E-state index in [9.17, 15) is 14.9 Å². The molecule has 1 aromatic carbocycles. The predicted octanol–water partition coefficient (Wildman–Crippen LogP) is 3.03. The average Bonchev–Trinajstić information content (AvgIpc) is 2.61. The molecule has 1 fully saturated rings. The van der Waals surface area contributed by atoms with E-state index >= 15 is 0 Å².